The predicted octanol–water partition coefficient (Wildman–Crippen LogP) is 16.5. The molecule has 0 saturated carbocycles. The molecule has 398 valence electrons. The lowest BCUT2D eigenvalue weighted by molar-refractivity contribution is -0.139. The highest BCUT2D eigenvalue weighted by atomic mass is 32.2. The maximum Gasteiger partial charge on any atom is 0.419 e. The molecule has 0 atom stereocenters. The number of alkyl halides is 3. The first kappa shape index (κ1) is 49.7. The number of halogens is 3. The summed E-state index contributed by atoms with van der Waals surface area (Å²) in [5, 5.41) is 0. The molecule has 0 bridgehead atoms. The second-order valence-electron chi connectivity index (χ2n) is 21.5. The largest absolute Gasteiger partial charge is 0.419 e. The van der Waals surface area contributed by atoms with Crippen LogP contribution in [0.2, 0.25) is 0 Å². The molecule has 0 N–H and O–H groups in total. The number of anilines is 15. The first-order chi connectivity index (χ1) is 41.4. The molecule has 4 aliphatic heterocycles. The van der Waals surface area contributed by atoms with Crippen LogP contribution in [0.1, 0.15) is 5.56 Å². The van der Waals surface area contributed by atoms with Crippen molar-refractivity contribution in [2.75, 3.05) is 24.5 Å². The van der Waals surface area contributed by atoms with E-state index < -0.39 is 25.2 Å². The first-order valence-electron chi connectivity index (χ1n) is 28.2. The number of fused-ring (bicyclic) bond motifs is 8. The van der Waals surface area contributed by atoms with Crippen LogP contribution in [0.4, 0.5) is 98.5 Å². The summed E-state index contributed by atoms with van der Waals surface area (Å²) < 4.78 is 53.5. The van der Waals surface area contributed by atoms with E-state index in [1.165, 1.54) is 11.8 Å². The summed E-state index contributed by atoms with van der Waals surface area (Å²) in [5.41, 5.74) is 16.5. The predicted molar refractivity (Wildman–Crippen MR) is 345 cm³/mol. The summed E-state index contributed by atoms with van der Waals surface area (Å²) in [4.78, 5) is 11.9. The Labute approximate surface area is 490 Å². The molecular formula is C73H48B2F3N5S. The molecular weight excluding hydrogens is 1060 g/mol. The molecule has 0 aromatic heterocycles. The van der Waals surface area contributed by atoms with Gasteiger partial charge in [-0.15, -0.1) is 0 Å². The fourth-order valence-corrected chi connectivity index (χ4v) is 14.9. The van der Waals surface area contributed by atoms with Crippen LogP contribution in [0.5, 0.6) is 0 Å². The second kappa shape index (κ2) is 19.8. The van der Waals surface area contributed by atoms with E-state index in [1.54, 1.807) is 0 Å². The van der Waals surface area contributed by atoms with Crippen LogP contribution in [0.3, 0.4) is 0 Å². The van der Waals surface area contributed by atoms with Gasteiger partial charge >= 0.3 is 6.18 Å². The Balaban J connectivity index is 1.03. The molecule has 0 amide bonds. The van der Waals surface area contributed by atoms with E-state index in [9.17, 15) is 0 Å². The average molecular weight is 1110 g/mol. The fraction of sp³-hybridized carbons (Fsp3) is 0.0137. The zero-order valence-electron chi connectivity index (χ0n) is 45.1. The van der Waals surface area contributed by atoms with Crippen LogP contribution in [-0.4, -0.2) is 13.4 Å². The molecule has 12 aromatic rings. The SMILES string of the molecule is FC(F)(F)c1c2c(cc3c1N(c1ccccc1)c1cc(N(c4ccccc4)c4ccccc4)cc4c1B3c1ccccc1N4c1ccccc1)B1c3ccccc3N(c3ccccc3)c3cc(N(c4ccccc4)c4ccccc4)cc(c31)S2. The lowest BCUT2D eigenvalue weighted by atomic mass is 9.30. The molecule has 0 fully saturated rings. The normalized spacial score (nSPS) is 13.2. The minimum Gasteiger partial charge on any atom is -0.311 e. The number of hydrogen-bond acceptors (Lipinski definition) is 6. The number of para-hydroxylation sites is 9. The van der Waals surface area contributed by atoms with Crippen LogP contribution in [0, 0.1) is 0 Å². The van der Waals surface area contributed by atoms with E-state index in [-0.39, 0.29) is 10.6 Å². The molecule has 12 aromatic carbocycles. The van der Waals surface area contributed by atoms with Crippen molar-refractivity contribution in [1.82, 2.24) is 0 Å². The van der Waals surface area contributed by atoms with Crippen LogP contribution in [0.25, 0.3) is 0 Å². The zero-order chi connectivity index (χ0) is 56.0. The van der Waals surface area contributed by atoms with Crippen molar-refractivity contribution in [2.45, 2.75) is 16.0 Å². The second-order valence-corrected chi connectivity index (χ2v) is 22.5. The van der Waals surface area contributed by atoms with Crippen molar-refractivity contribution in [1.29, 1.82) is 0 Å². The van der Waals surface area contributed by atoms with Gasteiger partial charge in [0.05, 0.1) is 16.9 Å². The van der Waals surface area contributed by atoms with Gasteiger partial charge in [-0.25, -0.2) is 0 Å². The van der Waals surface area contributed by atoms with Gasteiger partial charge in [0.15, 0.2) is 0 Å². The molecule has 0 aliphatic carbocycles. The molecule has 5 nitrogen and oxygen atoms in total. The third kappa shape index (κ3) is 7.90. The van der Waals surface area contributed by atoms with Gasteiger partial charge in [0.25, 0.3) is 6.71 Å². The van der Waals surface area contributed by atoms with Gasteiger partial charge in [-0.05, 0) is 149 Å². The molecule has 0 radical (unpaired) electrons. The van der Waals surface area contributed by atoms with Gasteiger partial charge in [-0.2, -0.15) is 13.2 Å². The molecule has 0 saturated heterocycles. The van der Waals surface area contributed by atoms with E-state index in [1.807, 2.05) is 169 Å². The molecule has 84 heavy (non-hydrogen) atoms. The highest BCUT2D eigenvalue weighted by Crippen LogP contribution is 2.55. The van der Waals surface area contributed by atoms with E-state index in [0.29, 0.717) is 22.3 Å². The first-order valence-corrected chi connectivity index (χ1v) is 29.0. The van der Waals surface area contributed by atoms with Gasteiger partial charge < -0.3 is 24.5 Å². The van der Waals surface area contributed by atoms with Crippen LogP contribution < -0.4 is 57.3 Å². The Morgan fingerprint density at radius 1 is 0.310 bits per heavy atom. The maximum atomic E-state index is 17.8. The van der Waals surface area contributed by atoms with Crippen LogP contribution >= 0.6 is 11.8 Å². The highest BCUT2D eigenvalue weighted by molar-refractivity contribution is 8.00. The number of hydrogen-bond donors (Lipinski definition) is 0. The maximum absolute atomic E-state index is 17.8. The standard InChI is InChI=1S/C73H48B2F3N5S/c76-73(77,78)68-71-60(48-61-72(68)84-67-47-57(80(51-30-12-3-13-31-51)52-32-14-4-15-33-52)46-66-70(67)75(61)59-41-23-25-43-63(59)82(66)54-36-18-6-19-37-54)74-58-40-22-24-42-62(58)81(53-34-16-5-17-35-53)64-44-56(45-65(69(64)74)83(71)55-38-20-7-21-39-55)79(49-26-8-1-9-27-49)50-28-10-2-11-29-50/h1-48H. The van der Waals surface area contributed by atoms with E-state index in [4.69, 9.17) is 0 Å². The number of rotatable bonds is 9. The lowest BCUT2D eigenvalue weighted by Crippen LogP contribution is -2.65. The Morgan fingerprint density at radius 3 is 1.08 bits per heavy atom. The van der Waals surface area contributed by atoms with Crippen molar-refractivity contribution >= 4 is 143 Å². The Kier molecular flexibility index (Phi) is 11.7. The monoisotopic (exact) mass is 1110 g/mol. The molecule has 0 spiro atoms. The number of benzene rings is 12. The molecule has 11 heteroatoms. The van der Waals surface area contributed by atoms with Crippen LogP contribution in [0.15, 0.2) is 301 Å². The average Bonchev–Trinajstić information content (AvgIpc) is 0.881. The zero-order valence-corrected chi connectivity index (χ0v) is 46.0. The highest BCUT2D eigenvalue weighted by Gasteiger charge is 2.52. The summed E-state index contributed by atoms with van der Waals surface area (Å²) in [6.07, 6.45) is -4.85. The third-order valence-corrected chi connectivity index (χ3v) is 18.0. The topological polar surface area (TPSA) is 16.2 Å². The Morgan fingerprint density at radius 2 is 0.655 bits per heavy atom. The molecule has 4 aliphatic rings. The lowest BCUT2D eigenvalue weighted by Gasteiger charge is -2.47. The summed E-state index contributed by atoms with van der Waals surface area (Å²) in [6, 6.07) is 98.6. The summed E-state index contributed by atoms with van der Waals surface area (Å²) in [5.74, 6) is 0. The molecule has 4 heterocycles. The number of nitrogens with zero attached hydrogens (tertiary/aromatic N) is 5. The molecule has 16 rings (SSSR count). The van der Waals surface area contributed by atoms with Gasteiger partial charge in [0, 0.05) is 83.7 Å². The van der Waals surface area contributed by atoms with Crippen molar-refractivity contribution < 1.29 is 13.2 Å². The van der Waals surface area contributed by atoms with Crippen molar-refractivity contribution in [3.63, 3.8) is 0 Å². The van der Waals surface area contributed by atoms with Crippen LogP contribution in [-0.2, 0) is 6.18 Å². The fourth-order valence-electron chi connectivity index (χ4n) is 13.5. The minimum atomic E-state index is -4.85. The smallest absolute Gasteiger partial charge is 0.311 e. The van der Waals surface area contributed by atoms with Crippen molar-refractivity contribution in [3.8, 4) is 0 Å². The summed E-state index contributed by atoms with van der Waals surface area (Å²) >= 11 is 1.24. The van der Waals surface area contributed by atoms with Gasteiger partial charge in [0.2, 0.25) is 6.71 Å². The van der Waals surface area contributed by atoms with Crippen molar-refractivity contribution in [2.24, 2.45) is 0 Å². The Hall–Kier alpha value is -10.1. The quantitative estimate of drug-likeness (QED) is 0.133. The van der Waals surface area contributed by atoms with Gasteiger partial charge in [0.1, 0.15) is 0 Å². The Bertz CT molecular complexity index is 4410. The minimum absolute atomic E-state index is 0.125. The van der Waals surface area contributed by atoms with Crippen molar-refractivity contribution in [3.05, 3.63) is 297 Å². The van der Waals surface area contributed by atoms with E-state index in [2.05, 4.69) is 147 Å². The molecule has 0 unspecified atom stereocenters. The van der Waals surface area contributed by atoms with Gasteiger partial charge in [-0.3, -0.25) is 0 Å². The van der Waals surface area contributed by atoms with E-state index >= 15 is 13.2 Å². The summed E-state index contributed by atoms with van der Waals surface area (Å²) in [7, 11) is 0. The van der Waals surface area contributed by atoms with Gasteiger partial charge in [-0.1, -0.05) is 187 Å². The van der Waals surface area contributed by atoms with E-state index in [0.717, 1.165) is 95.0 Å². The summed E-state index contributed by atoms with van der Waals surface area (Å²) in [6.45, 7) is -1.20. The third-order valence-electron chi connectivity index (χ3n) is 16.8.